The van der Waals surface area contributed by atoms with Gasteiger partial charge in [0.15, 0.2) is 6.61 Å². The molecule has 0 aliphatic heterocycles. The number of amides is 2. The van der Waals surface area contributed by atoms with E-state index in [1.807, 2.05) is 32.0 Å². The number of benzene rings is 2. The fraction of sp³-hybridized carbons (Fsp3) is 0.263. The monoisotopic (exact) mass is 376 g/mol. The molecule has 138 valence electrons. The molecule has 2 amide bonds. The van der Waals surface area contributed by atoms with Gasteiger partial charge in [0, 0.05) is 0 Å². The highest BCUT2D eigenvalue weighted by atomic mass is 35.5. The van der Waals surface area contributed by atoms with E-state index in [-0.39, 0.29) is 25.5 Å². The number of ether oxygens (including phenoxy) is 2. The van der Waals surface area contributed by atoms with E-state index in [2.05, 4.69) is 10.9 Å². The van der Waals surface area contributed by atoms with Gasteiger partial charge in [-0.2, -0.15) is 0 Å². The Labute approximate surface area is 157 Å². The molecule has 7 heteroatoms. The number of hydrogen-bond donors (Lipinski definition) is 2. The maximum atomic E-state index is 11.8. The van der Waals surface area contributed by atoms with Crippen LogP contribution < -0.4 is 20.3 Å². The van der Waals surface area contributed by atoms with E-state index in [1.54, 1.807) is 24.3 Å². The third-order valence-electron chi connectivity index (χ3n) is 3.47. The van der Waals surface area contributed by atoms with Crippen molar-refractivity contribution in [3.05, 3.63) is 58.6 Å². The Bertz CT molecular complexity index is 780. The number of hydrogen-bond acceptors (Lipinski definition) is 4. The Kier molecular flexibility index (Phi) is 7.29. The normalized spacial score (nSPS) is 10.1. The van der Waals surface area contributed by atoms with Gasteiger partial charge in [-0.25, -0.2) is 0 Å². The third kappa shape index (κ3) is 6.29. The maximum Gasteiger partial charge on any atom is 0.276 e. The molecule has 0 heterocycles. The quantitative estimate of drug-likeness (QED) is 0.728. The van der Waals surface area contributed by atoms with Crippen molar-refractivity contribution >= 4 is 23.4 Å². The number of halogens is 1. The lowest BCUT2D eigenvalue weighted by Crippen LogP contribution is -2.44. The van der Waals surface area contributed by atoms with Crippen molar-refractivity contribution in [2.75, 3.05) is 13.2 Å². The number of aryl methyl sites for hydroxylation is 2. The average molecular weight is 377 g/mol. The Balaban J connectivity index is 1.66. The van der Waals surface area contributed by atoms with Crippen LogP contribution in [0.3, 0.4) is 0 Å². The van der Waals surface area contributed by atoms with Crippen LogP contribution in [0.4, 0.5) is 0 Å². The highest BCUT2D eigenvalue weighted by Gasteiger charge is 2.08. The lowest BCUT2D eigenvalue weighted by molar-refractivity contribution is -0.130. The number of nitrogens with one attached hydrogen (secondary N) is 2. The van der Waals surface area contributed by atoms with Crippen LogP contribution in [0.1, 0.15) is 17.5 Å². The van der Waals surface area contributed by atoms with Gasteiger partial charge < -0.3 is 9.47 Å². The minimum Gasteiger partial charge on any atom is -0.493 e. The molecule has 0 atom stereocenters. The lowest BCUT2D eigenvalue weighted by Gasteiger charge is -2.11. The van der Waals surface area contributed by atoms with Crippen LogP contribution in [0.25, 0.3) is 0 Å². The number of rotatable bonds is 7. The SMILES string of the molecule is Cc1ccc(C)c(OCCC(=O)NNC(=O)COc2ccccc2Cl)c1. The second-order valence-electron chi connectivity index (χ2n) is 5.68. The van der Waals surface area contributed by atoms with E-state index < -0.39 is 5.91 Å². The standard InChI is InChI=1S/C19H21ClN2O4/c1-13-7-8-14(2)17(11-13)25-10-9-18(23)21-22-19(24)12-26-16-6-4-3-5-15(16)20/h3-8,11H,9-10,12H2,1-2H3,(H,21,23)(H,22,24). The van der Waals surface area contributed by atoms with Crippen molar-refractivity contribution < 1.29 is 19.1 Å². The van der Waals surface area contributed by atoms with Crippen molar-refractivity contribution in [1.82, 2.24) is 10.9 Å². The molecule has 2 aromatic rings. The van der Waals surface area contributed by atoms with E-state index in [9.17, 15) is 9.59 Å². The number of hydrazine groups is 1. The predicted octanol–water partition coefficient (Wildman–Crippen LogP) is 2.95. The first-order valence-electron chi connectivity index (χ1n) is 8.11. The molecule has 2 aromatic carbocycles. The smallest absolute Gasteiger partial charge is 0.276 e. The minimum atomic E-state index is -0.492. The van der Waals surface area contributed by atoms with Gasteiger partial charge in [0.25, 0.3) is 5.91 Å². The zero-order valence-corrected chi connectivity index (χ0v) is 15.4. The van der Waals surface area contributed by atoms with Crippen molar-refractivity contribution in [2.24, 2.45) is 0 Å². The molecule has 6 nitrogen and oxygen atoms in total. The summed E-state index contributed by atoms with van der Waals surface area (Å²) in [6, 6.07) is 12.7. The third-order valence-corrected chi connectivity index (χ3v) is 3.78. The van der Waals surface area contributed by atoms with Crippen LogP contribution in [0, 0.1) is 13.8 Å². The largest absolute Gasteiger partial charge is 0.493 e. The fourth-order valence-electron chi connectivity index (χ4n) is 2.06. The molecule has 2 N–H and O–H groups in total. The Morgan fingerprint density at radius 2 is 1.69 bits per heavy atom. The van der Waals surface area contributed by atoms with Crippen LogP contribution in [-0.4, -0.2) is 25.0 Å². The van der Waals surface area contributed by atoms with E-state index in [1.165, 1.54) is 0 Å². The molecular formula is C19H21ClN2O4. The van der Waals surface area contributed by atoms with Gasteiger partial charge in [-0.15, -0.1) is 0 Å². The summed E-state index contributed by atoms with van der Waals surface area (Å²) < 4.78 is 10.9. The van der Waals surface area contributed by atoms with Gasteiger partial charge in [0.2, 0.25) is 5.91 Å². The van der Waals surface area contributed by atoms with Gasteiger partial charge in [-0.3, -0.25) is 20.4 Å². The molecule has 0 saturated heterocycles. The summed E-state index contributed by atoms with van der Waals surface area (Å²) in [5, 5.41) is 0.410. The molecular weight excluding hydrogens is 356 g/mol. The molecule has 0 aliphatic carbocycles. The van der Waals surface area contributed by atoms with Crippen LogP contribution in [0.5, 0.6) is 11.5 Å². The van der Waals surface area contributed by atoms with Crippen LogP contribution in [0.2, 0.25) is 5.02 Å². The molecule has 0 aromatic heterocycles. The lowest BCUT2D eigenvalue weighted by atomic mass is 10.1. The van der Waals surface area contributed by atoms with E-state index in [4.69, 9.17) is 21.1 Å². The number of carbonyl (C=O) groups excluding carboxylic acids is 2. The van der Waals surface area contributed by atoms with Crippen LogP contribution in [-0.2, 0) is 9.59 Å². The van der Waals surface area contributed by atoms with Crippen LogP contribution >= 0.6 is 11.6 Å². The van der Waals surface area contributed by atoms with Gasteiger partial charge in [-0.1, -0.05) is 35.9 Å². The zero-order chi connectivity index (χ0) is 18.9. The highest BCUT2D eigenvalue weighted by Crippen LogP contribution is 2.22. The fourth-order valence-corrected chi connectivity index (χ4v) is 2.25. The first-order valence-corrected chi connectivity index (χ1v) is 8.48. The van der Waals surface area contributed by atoms with Crippen LogP contribution in [0.15, 0.2) is 42.5 Å². The molecule has 0 spiro atoms. The second-order valence-corrected chi connectivity index (χ2v) is 6.09. The molecule has 0 aliphatic rings. The summed E-state index contributed by atoms with van der Waals surface area (Å²) in [5.41, 5.74) is 6.68. The number of carbonyl (C=O) groups is 2. The van der Waals surface area contributed by atoms with E-state index >= 15 is 0 Å². The van der Waals surface area contributed by atoms with Crippen molar-refractivity contribution in [3.63, 3.8) is 0 Å². The average Bonchev–Trinajstić information content (AvgIpc) is 2.62. The molecule has 0 saturated carbocycles. The Hall–Kier alpha value is -2.73. The predicted molar refractivity (Wildman–Crippen MR) is 99.3 cm³/mol. The Morgan fingerprint density at radius 1 is 0.962 bits per heavy atom. The van der Waals surface area contributed by atoms with E-state index in [0.29, 0.717) is 10.8 Å². The molecule has 2 rings (SSSR count). The van der Waals surface area contributed by atoms with Gasteiger partial charge in [0.05, 0.1) is 18.1 Å². The summed E-state index contributed by atoms with van der Waals surface area (Å²) in [6.45, 7) is 3.86. The van der Waals surface area contributed by atoms with Gasteiger partial charge in [-0.05, 0) is 43.2 Å². The van der Waals surface area contributed by atoms with Crippen molar-refractivity contribution in [2.45, 2.75) is 20.3 Å². The van der Waals surface area contributed by atoms with Gasteiger partial charge >= 0.3 is 0 Å². The summed E-state index contributed by atoms with van der Waals surface area (Å²) in [5.74, 6) is 0.294. The summed E-state index contributed by atoms with van der Waals surface area (Å²) >= 11 is 5.92. The maximum absolute atomic E-state index is 11.8. The summed E-state index contributed by atoms with van der Waals surface area (Å²) in [6.07, 6.45) is 0.110. The Morgan fingerprint density at radius 3 is 2.46 bits per heavy atom. The molecule has 0 bridgehead atoms. The molecule has 0 unspecified atom stereocenters. The first-order chi connectivity index (χ1) is 12.5. The van der Waals surface area contributed by atoms with Crippen molar-refractivity contribution in [1.29, 1.82) is 0 Å². The minimum absolute atomic E-state index is 0.110. The first kappa shape index (κ1) is 19.6. The number of para-hydroxylation sites is 1. The second kappa shape index (κ2) is 9.68. The molecule has 26 heavy (non-hydrogen) atoms. The topological polar surface area (TPSA) is 76.7 Å². The van der Waals surface area contributed by atoms with Crippen molar-refractivity contribution in [3.8, 4) is 11.5 Å². The zero-order valence-electron chi connectivity index (χ0n) is 14.7. The molecule has 0 radical (unpaired) electrons. The summed E-state index contributed by atoms with van der Waals surface area (Å²) in [7, 11) is 0. The highest BCUT2D eigenvalue weighted by molar-refractivity contribution is 6.32. The van der Waals surface area contributed by atoms with Gasteiger partial charge in [0.1, 0.15) is 11.5 Å². The van der Waals surface area contributed by atoms with E-state index in [0.717, 1.165) is 16.9 Å². The summed E-state index contributed by atoms with van der Waals surface area (Å²) in [4.78, 5) is 23.4. The molecule has 0 fully saturated rings.